The van der Waals surface area contributed by atoms with Gasteiger partial charge in [0.05, 0.1) is 17.6 Å². The molecule has 1 heterocycles. The maximum absolute atomic E-state index is 6.24. The lowest BCUT2D eigenvalue weighted by molar-refractivity contribution is 0.299. The summed E-state index contributed by atoms with van der Waals surface area (Å²) in [5, 5.41) is 0.726. The fraction of sp³-hybridized carbons (Fsp3) is 0.296. The highest BCUT2D eigenvalue weighted by Gasteiger charge is 2.13. The van der Waals surface area contributed by atoms with Crippen molar-refractivity contribution < 1.29 is 4.74 Å². The van der Waals surface area contributed by atoms with Gasteiger partial charge in [-0.1, -0.05) is 61.8 Å². The van der Waals surface area contributed by atoms with Crippen molar-refractivity contribution in [1.82, 2.24) is 9.55 Å². The maximum Gasteiger partial charge on any atom is 0.141 e. The SMILES string of the molecule is Cc1ccc(C(C)C)c(OCCCCn2c(-c3cccc(Cl)c3)nc3ccccc32)c1. The van der Waals surface area contributed by atoms with Gasteiger partial charge in [0.15, 0.2) is 0 Å². The van der Waals surface area contributed by atoms with E-state index in [0.717, 1.165) is 52.6 Å². The van der Waals surface area contributed by atoms with Crippen LogP contribution in [0.2, 0.25) is 5.02 Å². The summed E-state index contributed by atoms with van der Waals surface area (Å²) in [6.07, 6.45) is 1.99. The van der Waals surface area contributed by atoms with E-state index in [1.54, 1.807) is 0 Å². The van der Waals surface area contributed by atoms with E-state index in [2.05, 4.69) is 67.8 Å². The Bertz CT molecular complexity index is 1180. The molecule has 0 bridgehead atoms. The molecule has 0 aliphatic heterocycles. The highest BCUT2D eigenvalue weighted by Crippen LogP contribution is 2.29. The number of imidazole rings is 1. The normalized spacial score (nSPS) is 11.4. The molecule has 1 aromatic heterocycles. The van der Waals surface area contributed by atoms with E-state index in [-0.39, 0.29) is 0 Å². The quantitative estimate of drug-likeness (QED) is 0.267. The van der Waals surface area contributed by atoms with Crippen LogP contribution in [0.4, 0.5) is 0 Å². The number of hydrogen-bond acceptors (Lipinski definition) is 2. The van der Waals surface area contributed by atoms with Crippen molar-refractivity contribution in [2.24, 2.45) is 0 Å². The standard InChI is InChI=1S/C27H29ClN2O/c1-19(2)23-14-13-20(3)17-26(23)31-16-7-6-15-30-25-12-5-4-11-24(25)29-27(30)21-9-8-10-22(28)18-21/h4-5,8-14,17-19H,6-7,15-16H2,1-3H3. The lowest BCUT2D eigenvalue weighted by Crippen LogP contribution is -2.05. The fourth-order valence-corrected chi connectivity index (χ4v) is 4.14. The van der Waals surface area contributed by atoms with Crippen LogP contribution in [-0.4, -0.2) is 16.2 Å². The smallest absolute Gasteiger partial charge is 0.141 e. The molecule has 0 aliphatic carbocycles. The molecule has 0 unspecified atom stereocenters. The summed E-state index contributed by atoms with van der Waals surface area (Å²) in [6, 6.07) is 22.7. The molecule has 4 rings (SSSR count). The molecule has 3 aromatic carbocycles. The number of rotatable bonds is 8. The Morgan fingerprint density at radius 1 is 0.968 bits per heavy atom. The van der Waals surface area contributed by atoms with Crippen LogP contribution < -0.4 is 4.74 Å². The third-order valence-corrected chi connectivity index (χ3v) is 5.80. The number of ether oxygens (including phenoxy) is 1. The molecule has 0 aliphatic rings. The lowest BCUT2D eigenvalue weighted by Gasteiger charge is -2.15. The minimum Gasteiger partial charge on any atom is -0.493 e. The second-order valence-corrected chi connectivity index (χ2v) is 8.77. The molecule has 160 valence electrons. The number of unbranched alkanes of at least 4 members (excludes halogenated alkanes) is 1. The van der Waals surface area contributed by atoms with E-state index >= 15 is 0 Å². The molecule has 0 N–H and O–H groups in total. The van der Waals surface area contributed by atoms with Crippen molar-refractivity contribution in [2.45, 2.75) is 46.1 Å². The topological polar surface area (TPSA) is 27.1 Å². The van der Waals surface area contributed by atoms with E-state index in [1.807, 2.05) is 24.3 Å². The minimum atomic E-state index is 0.452. The number of aryl methyl sites for hydroxylation is 2. The van der Waals surface area contributed by atoms with Crippen LogP contribution in [0.1, 0.15) is 43.7 Å². The zero-order valence-corrected chi connectivity index (χ0v) is 19.2. The monoisotopic (exact) mass is 432 g/mol. The Kier molecular flexibility index (Phi) is 6.62. The van der Waals surface area contributed by atoms with Gasteiger partial charge in [-0.15, -0.1) is 0 Å². The van der Waals surface area contributed by atoms with Crippen LogP contribution in [0.5, 0.6) is 5.75 Å². The largest absolute Gasteiger partial charge is 0.493 e. The number of halogens is 1. The first-order valence-corrected chi connectivity index (χ1v) is 11.4. The van der Waals surface area contributed by atoms with Gasteiger partial charge in [0, 0.05) is 17.1 Å². The molecule has 4 aromatic rings. The predicted octanol–water partition coefficient (Wildman–Crippen LogP) is 7.65. The molecule has 0 fully saturated rings. The number of fused-ring (bicyclic) bond motifs is 1. The summed E-state index contributed by atoms with van der Waals surface area (Å²) in [7, 11) is 0. The van der Waals surface area contributed by atoms with E-state index in [4.69, 9.17) is 21.3 Å². The van der Waals surface area contributed by atoms with Gasteiger partial charge in [0.25, 0.3) is 0 Å². The van der Waals surface area contributed by atoms with E-state index in [0.29, 0.717) is 12.5 Å². The number of aromatic nitrogens is 2. The first kappa shape index (κ1) is 21.5. The van der Waals surface area contributed by atoms with Crippen LogP contribution in [0.3, 0.4) is 0 Å². The van der Waals surface area contributed by atoms with Crippen molar-refractivity contribution in [3.8, 4) is 17.1 Å². The highest BCUT2D eigenvalue weighted by molar-refractivity contribution is 6.30. The van der Waals surface area contributed by atoms with Crippen LogP contribution >= 0.6 is 11.6 Å². The third kappa shape index (κ3) is 4.94. The van der Waals surface area contributed by atoms with Gasteiger partial charge in [-0.2, -0.15) is 0 Å². The van der Waals surface area contributed by atoms with Crippen LogP contribution in [0.15, 0.2) is 66.7 Å². The lowest BCUT2D eigenvalue weighted by atomic mass is 10.0. The second-order valence-electron chi connectivity index (χ2n) is 8.34. The average Bonchev–Trinajstić information content (AvgIpc) is 3.12. The zero-order chi connectivity index (χ0) is 21.8. The first-order chi connectivity index (χ1) is 15.0. The fourth-order valence-electron chi connectivity index (χ4n) is 3.95. The molecule has 0 saturated carbocycles. The van der Waals surface area contributed by atoms with Gasteiger partial charge in [-0.25, -0.2) is 4.98 Å². The van der Waals surface area contributed by atoms with Crippen molar-refractivity contribution in [3.05, 3.63) is 82.9 Å². The number of hydrogen-bond donors (Lipinski definition) is 0. The Morgan fingerprint density at radius 3 is 2.61 bits per heavy atom. The molecule has 4 heteroatoms. The predicted molar refractivity (Wildman–Crippen MR) is 130 cm³/mol. The van der Waals surface area contributed by atoms with Crippen molar-refractivity contribution in [2.75, 3.05) is 6.61 Å². The summed E-state index contributed by atoms with van der Waals surface area (Å²) in [4.78, 5) is 4.88. The van der Waals surface area contributed by atoms with Gasteiger partial charge < -0.3 is 9.30 Å². The number of nitrogens with zero attached hydrogens (tertiary/aromatic N) is 2. The Labute approximate surface area is 189 Å². The van der Waals surface area contributed by atoms with E-state index < -0.39 is 0 Å². The summed E-state index contributed by atoms with van der Waals surface area (Å²) in [5.41, 5.74) is 5.71. The molecule has 3 nitrogen and oxygen atoms in total. The van der Waals surface area contributed by atoms with Gasteiger partial charge >= 0.3 is 0 Å². The molecule has 0 amide bonds. The Hall–Kier alpha value is -2.78. The number of para-hydroxylation sites is 2. The summed E-state index contributed by atoms with van der Waals surface area (Å²) in [6.45, 7) is 8.12. The zero-order valence-electron chi connectivity index (χ0n) is 18.4. The van der Waals surface area contributed by atoms with Crippen molar-refractivity contribution in [3.63, 3.8) is 0 Å². The van der Waals surface area contributed by atoms with E-state index in [1.165, 1.54) is 11.1 Å². The van der Waals surface area contributed by atoms with Crippen LogP contribution in [-0.2, 0) is 6.54 Å². The molecule has 0 saturated heterocycles. The van der Waals surface area contributed by atoms with Crippen LogP contribution in [0, 0.1) is 6.92 Å². The van der Waals surface area contributed by atoms with Crippen molar-refractivity contribution >= 4 is 22.6 Å². The Morgan fingerprint density at radius 2 is 1.81 bits per heavy atom. The summed E-state index contributed by atoms with van der Waals surface area (Å²) < 4.78 is 8.47. The maximum atomic E-state index is 6.24. The van der Waals surface area contributed by atoms with Gasteiger partial charge in [0.2, 0.25) is 0 Å². The molecule has 31 heavy (non-hydrogen) atoms. The Balaban J connectivity index is 1.46. The summed E-state index contributed by atoms with van der Waals surface area (Å²) >= 11 is 6.24. The van der Waals surface area contributed by atoms with Gasteiger partial charge in [-0.3, -0.25) is 0 Å². The highest BCUT2D eigenvalue weighted by atomic mass is 35.5. The molecular formula is C27H29ClN2O. The minimum absolute atomic E-state index is 0.452. The van der Waals surface area contributed by atoms with Gasteiger partial charge in [-0.05, 0) is 67.1 Å². The van der Waals surface area contributed by atoms with Gasteiger partial charge in [0.1, 0.15) is 11.6 Å². The molecule has 0 atom stereocenters. The molecule has 0 radical (unpaired) electrons. The van der Waals surface area contributed by atoms with Crippen LogP contribution in [0.25, 0.3) is 22.4 Å². The third-order valence-electron chi connectivity index (χ3n) is 5.56. The second kappa shape index (κ2) is 9.57. The van der Waals surface area contributed by atoms with Crippen molar-refractivity contribution in [1.29, 1.82) is 0 Å². The first-order valence-electron chi connectivity index (χ1n) is 11.0. The van der Waals surface area contributed by atoms with E-state index in [9.17, 15) is 0 Å². The number of benzene rings is 3. The molecular weight excluding hydrogens is 404 g/mol. The summed E-state index contributed by atoms with van der Waals surface area (Å²) in [5.74, 6) is 2.43. The molecule has 0 spiro atoms. The average molecular weight is 433 g/mol.